The van der Waals surface area contributed by atoms with Crippen molar-refractivity contribution in [1.29, 1.82) is 0 Å². The number of benzene rings is 3. The maximum Gasteiger partial charge on any atom is 0.220 e. The Morgan fingerprint density at radius 1 is 0.680 bits per heavy atom. The van der Waals surface area contributed by atoms with Crippen LogP contribution >= 0.6 is 0 Å². The van der Waals surface area contributed by atoms with E-state index in [0.29, 0.717) is 5.56 Å². The Bertz CT molecular complexity index is 1230. The molecule has 0 saturated heterocycles. The first-order chi connectivity index (χ1) is 12.2. The molecule has 0 spiro atoms. The lowest BCUT2D eigenvalue weighted by Crippen LogP contribution is -1.91. The van der Waals surface area contributed by atoms with Crippen molar-refractivity contribution in [3.8, 4) is 17.6 Å². The van der Waals surface area contributed by atoms with E-state index in [1.165, 1.54) is 22.9 Å². The molecule has 0 aliphatic heterocycles. The van der Waals surface area contributed by atoms with Crippen molar-refractivity contribution in [2.75, 3.05) is 0 Å². The van der Waals surface area contributed by atoms with Gasteiger partial charge < -0.3 is 5.11 Å². The average Bonchev–Trinajstić information content (AvgIpc) is 2.80. The summed E-state index contributed by atoms with van der Waals surface area (Å²) in [5, 5.41) is 14.1. The minimum atomic E-state index is -0.412. The second kappa shape index (κ2) is 6.14. The summed E-state index contributed by atoms with van der Waals surface area (Å²) >= 11 is 0. The molecule has 4 aromatic rings. The van der Waals surface area contributed by atoms with Gasteiger partial charge in [-0.1, -0.05) is 48.2 Å². The van der Waals surface area contributed by atoms with Crippen molar-refractivity contribution in [2.45, 2.75) is 0 Å². The van der Waals surface area contributed by atoms with Gasteiger partial charge in [-0.2, -0.15) is 0 Å². The smallest absolute Gasteiger partial charge is 0.220 e. The van der Waals surface area contributed by atoms with Crippen molar-refractivity contribution in [1.82, 2.24) is 0 Å². The second-order valence-electron chi connectivity index (χ2n) is 5.85. The first-order valence-electron chi connectivity index (χ1n) is 7.98. The van der Waals surface area contributed by atoms with Gasteiger partial charge in [0, 0.05) is 11.1 Å². The van der Waals surface area contributed by atoms with E-state index in [1.807, 2.05) is 24.3 Å². The molecular formula is C23H14O2. The van der Waals surface area contributed by atoms with Gasteiger partial charge in [0.2, 0.25) is 5.43 Å². The minimum absolute atomic E-state index is 0.273. The van der Waals surface area contributed by atoms with Crippen LogP contribution in [0.25, 0.3) is 21.5 Å². The van der Waals surface area contributed by atoms with Crippen LogP contribution in [0.15, 0.2) is 83.7 Å². The number of rotatable bonds is 0. The normalized spacial score (nSPS) is 10.4. The highest BCUT2D eigenvalue weighted by molar-refractivity contribution is 6.00. The highest BCUT2D eigenvalue weighted by Crippen LogP contribution is 2.25. The predicted octanol–water partition coefficient (Wildman–Crippen LogP) is 4.46. The summed E-state index contributed by atoms with van der Waals surface area (Å²) in [7, 11) is 0. The third kappa shape index (κ3) is 2.96. The molecule has 118 valence electrons. The minimum Gasteiger partial charge on any atom is -0.504 e. The fourth-order valence-corrected chi connectivity index (χ4v) is 2.86. The van der Waals surface area contributed by atoms with Gasteiger partial charge in [0.05, 0.1) is 0 Å². The number of fused-ring (bicyclic) bond motifs is 2. The summed E-state index contributed by atoms with van der Waals surface area (Å²) in [6, 6.07) is 24.6. The van der Waals surface area contributed by atoms with Crippen molar-refractivity contribution in [2.24, 2.45) is 0 Å². The number of hydrogen-bond acceptors (Lipinski definition) is 2. The third-order valence-corrected chi connectivity index (χ3v) is 4.18. The Morgan fingerprint density at radius 2 is 1.40 bits per heavy atom. The lowest BCUT2D eigenvalue weighted by atomic mass is 10.00. The molecule has 1 N–H and O–H groups in total. The molecular weight excluding hydrogens is 308 g/mol. The number of hydrogen-bond donors (Lipinski definition) is 1. The van der Waals surface area contributed by atoms with Crippen LogP contribution in [0.1, 0.15) is 11.1 Å². The van der Waals surface area contributed by atoms with Gasteiger partial charge in [0.25, 0.3) is 0 Å². The SMILES string of the molecule is O=c1ccc(C#Cc2cccc3cc4ccccc4cc23)ccc1O. The quantitative estimate of drug-likeness (QED) is 0.383. The van der Waals surface area contributed by atoms with E-state index >= 15 is 0 Å². The van der Waals surface area contributed by atoms with Gasteiger partial charge in [0.15, 0.2) is 5.75 Å². The van der Waals surface area contributed by atoms with Gasteiger partial charge in [-0.25, -0.2) is 0 Å². The summed E-state index contributed by atoms with van der Waals surface area (Å²) < 4.78 is 0. The maximum absolute atomic E-state index is 11.4. The summed E-state index contributed by atoms with van der Waals surface area (Å²) in [6.07, 6.45) is 0. The molecule has 25 heavy (non-hydrogen) atoms. The van der Waals surface area contributed by atoms with Crippen LogP contribution in [-0.2, 0) is 0 Å². The van der Waals surface area contributed by atoms with E-state index in [2.05, 4.69) is 42.2 Å². The van der Waals surface area contributed by atoms with Crippen molar-refractivity contribution >= 4 is 21.5 Å². The zero-order valence-electron chi connectivity index (χ0n) is 13.4. The van der Waals surface area contributed by atoms with Crippen molar-refractivity contribution in [3.05, 3.63) is 100 Å². The molecule has 0 aromatic heterocycles. The average molecular weight is 322 g/mol. The molecule has 0 unspecified atom stereocenters. The highest BCUT2D eigenvalue weighted by atomic mass is 16.3. The Balaban J connectivity index is 1.87. The van der Waals surface area contributed by atoms with Gasteiger partial charge in [-0.15, -0.1) is 0 Å². The first kappa shape index (κ1) is 15.0. The molecule has 2 heteroatoms. The summed E-state index contributed by atoms with van der Waals surface area (Å²) in [5.74, 6) is 5.99. The van der Waals surface area contributed by atoms with Crippen LogP contribution < -0.4 is 5.43 Å². The predicted molar refractivity (Wildman–Crippen MR) is 102 cm³/mol. The summed E-state index contributed by atoms with van der Waals surface area (Å²) in [4.78, 5) is 11.4. The Hall–Kier alpha value is -3.57. The van der Waals surface area contributed by atoms with Crippen LogP contribution in [0.3, 0.4) is 0 Å². The zero-order valence-corrected chi connectivity index (χ0v) is 13.4. The molecule has 0 saturated carbocycles. The molecule has 4 rings (SSSR count). The Morgan fingerprint density at radius 3 is 2.24 bits per heavy atom. The molecule has 0 fully saturated rings. The van der Waals surface area contributed by atoms with Crippen molar-refractivity contribution < 1.29 is 5.11 Å². The molecule has 0 amide bonds. The molecule has 0 heterocycles. The zero-order chi connectivity index (χ0) is 17.2. The molecule has 0 aliphatic carbocycles. The highest BCUT2D eigenvalue weighted by Gasteiger charge is 2.01. The molecule has 2 nitrogen and oxygen atoms in total. The molecule has 4 aromatic carbocycles. The largest absolute Gasteiger partial charge is 0.504 e. The topological polar surface area (TPSA) is 37.3 Å². The van der Waals surface area contributed by atoms with Gasteiger partial charge in [-0.05, 0) is 64.0 Å². The van der Waals surface area contributed by atoms with E-state index in [1.54, 1.807) is 12.1 Å². The Kier molecular flexibility index (Phi) is 3.68. The van der Waals surface area contributed by atoms with E-state index in [-0.39, 0.29) is 5.75 Å². The summed E-state index contributed by atoms with van der Waals surface area (Å²) in [6.45, 7) is 0. The monoisotopic (exact) mass is 322 g/mol. The summed E-state index contributed by atoms with van der Waals surface area (Å²) in [5.41, 5.74) is 1.20. The third-order valence-electron chi connectivity index (χ3n) is 4.18. The van der Waals surface area contributed by atoms with E-state index in [0.717, 1.165) is 16.3 Å². The van der Waals surface area contributed by atoms with Gasteiger partial charge in [0.1, 0.15) is 0 Å². The van der Waals surface area contributed by atoms with Crippen LogP contribution in [0.5, 0.6) is 5.75 Å². The fraction of sp³-hybridized carbons (Fsp3) is 0. The van der Waals surface area contributed by atoms with E-state index in [9.17, 15) is 9.90 Å². The van der Waals surface area contributed by atoms with Crippen LogP contribution in [0.4, 0.5) is 0 Å². The standard InChI is InChI=1S/C23H14O2/c24-22-12-9-16(10-13-23(22)25)8-11-17-6-3-7-20-14-18-4-1-2-5-19(18)15-21(17)20/h1-7,9-10,12-15H,(H,24,25). The fourth-order valence-electron chi connectivity index (χ4n) is 2.86. The molecule has 0 bridgehead atoms. The number of aromatic hydroxyl groups is 1. The van der Waals surface area contributed by atoms with E-state index < -0.39 is 5.43 Å². The lowest BCUT2D eigenvalue weighted by molar-refractivity contribution is 0.471. The molecule has 0 radical (unpaired) electrons. The maximum atomic E-state index is 11.4. The Labute approximate surface area is 145 Å². The molecule has 0 atom stereocenters. The van der Waals surface area contributed by atoms with Gasteiger partial charge in [-0.3, -0.25) is 4.79 Å². The van der Waals surface area contributed by atoms with Crippen LogP contribution in [0.2, 0.25) is 0 Å². The van der Waals surface area contributed by atoms with Crippen molar-refractivity contribution in [3.63, 3.8) is 0 Å². The van der Waals surface area contributed by atoms with E-state index in [4.69, 9.17) is 0 Å². The first-order valence-corrected chi connectivity index (χ1v) is 7.98. The lowest BCUT2D eigenvalue weighted by Gasteiger charge is -2.04. The molecule has 0 aliphatic rings. The van der Waals surface area contributed by atoms with Crippen LogP contribution in [-0.4, -0.2) is 5.11 Å². The van der Waals surface area contributed by atoms with Gasteiger partial charge >= 0.3 is 0 Å². The van der Waals surface area contributed by atoms with Crippen LogP contribution in [0, 0.1) is 11.8 Å². The second-order valence-corrected chi connectivity index (χ2v) is 5.85.